The fourth-order valence-corrected chi connectivity index (χ4v) is 5.29. The molecule has 0 radical (unpaired) electrons. The van der Waals surface area contributed by atoms with E-state index in [1.807, 2.05) is 12.1 Å². The van der Waals surface area contributed by atoms with E-state index in [4.69, 9.17) is 4.74 Å². The molecule has 1 aromatic heterocycles. The molecule has 1 aliphatic carbocycles. The molecule has 1 aliphatic heterocycles. The fraction of sp³-hybridized carbons (Fsp3) is 0.435. The number of carbonyl (C=O) groups excluding carboxylic acids is 2. The van der Waals surface area contributed by atoms with Gasteiger partial charge in [-0.05, 0) is 68.9 Å². The minimum atomic E-state index is -0.710. The second kappa shape index (κ2) is 8.88. The van der Waals surface area contributed by atoms with Crippen molar-refractivity contribution in [3.05, 3.63) is 40.3 Å². The molecule has 0 bridgehead atoms. The summed E-state index contributed by atoms with van der Waals surface area (Å²) in [7, 11) is 0. The van der Waals surface area contributed by atoms with Gasteiger partial charge in [-0.15, -0.1) is 11.3 Å². The van der Waals surface area contributed by atoms with Gasteiger partial charge < -0.3 is 15.0 Å². The average Bonchev–Trinajstić information content (AvgIpc) is 3.23. The van der Waals surface area contributed by atoms with E-state index in [9.17, 15) is 14.9 Å². The third kappa shape index (κ3) is 4.19. The summed E-state index contributed by atoms with van der Waals surface area (Å²) in [6.45, 7) is 2.43. The molecule has 1 aromatic carbocycles. The number of hydrogen-bond acceptors (Lipinski definition) is 5. The van der Waals surface area contributed by atoms with Crippen LogP contribution in [0.5, 0.6) is 5.75 Å². The van der Waals surface area contributed by atoms with Gasteiger partial charge in [-0.2, -0.15) is 5.26 Å². The van der Waals surface area contributed by atoms with Gasteiger partial charge >= 0.3 is 0 Å². The molecule has 1 atom stereocenters. The maximum absolute atomic E-state index is 12.7. The van der Waals surface area contributed by atoms with E-state index in [1.165, 1.54) is 22.6 Å². The van der Waals surface area contributed by atoms with Crippen molar-refractivity contribution in [2.75, 3.05) is 16.8 Å². The van der Waals surface area contributed by atoms with Crippen molar-refractivity contribution in [2.24, 2.45) is 0 Å². The van der Waals surface area contributed by atoms with Crippen LogP contribution in [0.4, 0.5) is 10.7 Å². The summed E-state index contributed by atoms with van der Waals surface area (Å²) >= 11 is 1.52. The third-order valence-corrected chi connectivity index (χ3v) is 6.88. The number of ether oxygens (including phenoxy) is 1. The van der Waals surface area contributed by atoms with Crippen molar-refractivity contribution in [1.29, 1.82) is 5.26 Å². The number of thiophene rings is 1. The monoisotopic (exact) mass is 423 g/mol. The molecule has 1 N–H and O–H groups in total. The molecule has 0 unspecified atom stereocenters. The van der Waals surface area contributed by atoms with Gasteiger partial charge in [0.05, 0.1) is 5.56 Å². The zero-order chi connectivity index (χ0) is 21.1. The van der Waals surface area contributed by atoms with Crippen LogP contribution in [0.15, 0.2) is 24.3 Å². The van der Waals surface area contributed by atoms with Crippen LogP contribution in [0.25, 0.3) is 0 Å². The highest BCUT2D eigenvalue weighted by Crippen LogP contribution is 2.37. The van der Waals surface area contributed by atoms with Crippen LogP contribution in [0.2, 0.25) is 0 Å². The average molecular weight is 424 g/mol. The second-order valence-electron chi connectivity index (χ2n) is 7.77. The second-order valence-corrected chi connectivity index (χ2v) is 8.88. The van der Waals surface area contributed by atoms with Crippen molar-refractivity contribution in [3.8, 4) is 11.8 Å². The van der Waals surface area contributed by atoms with E-state index in [1.54, 1.807) is 24.0 Å². The number of anilines is 2. The van der Waals surface area contributed by atoms with Crippen LogP contribution in [0.3, 0.4) is 0 Å². The van der Waals surface area contributed by atoms with Crippen LogP contribution in [0.1, 0.15) is 55.0 Å². The van der Waals surface area contributed by atoms with Gasteiger partial charge in [-0.25, -0.2) is 0 Å². The first-order chi connectivity index (χ1) is 14.6. The van der Waals surface area contributed by atoms with Gasteiger partial charge in [0.2, 0.25) is 5.91 Å². The Kier molecular flexibility index (Phi) is 6.05. The van der Waals surface area contributed by atoms with Crippen LogP contribution < -0.4 is 15.0 Å². The molecule has 4 rings (SSSR count). The number of carbonyl (C=O) groups is 2. The number of fused-ring (bicyclic) bond motifs is 1. The Morgan fingerprint density at radius 1 is 1.17 bits per heavy atom. The SMILES string of the molecule is C[C@H](Oc1ccc(N2CCCC2=O)cc1)C(=O)Nc1sc2c(c1C#N)CCCCC2. The van der Waals surface area contributed by atoms with E-state index in [0.29, 0.717) is 22.7 Å². The standard InChI is InChI=1S/C23H25N3O3S/c1-15(29-17-11-9-16(10-12-17)26-13-5-8-21(26)27)22(28)25-23-19(14-24)18-6-3-2-4-7-20(18)30-23/h9-12,15H,2-8,13H2,1H3,(H,25,28)/t15-/m0/s1. The Morgan fingerprint density at radius 2 is 1.93 bits per heavy atom. The van der Waals surface area contributed by atoms with Gasteiger partial charge in [0.25, 0.3) is 5.91 Å². The maximum atomic E-state index is 12.7. The number of nitrogens with one attached hydrogen (secondary N) is 1. The lowest BCUT2D eigenvalue weighted by Gasteiger charge is -2.17. The number of nitrogens with zero attached hydrogens (tertiary/aromatic N) is 2. The number of amides is 2. The van der Waals surface area contributed by atoms with Gasteiger partial charge in [0, 0.05) is 23.5 Å². The quantitative estimate of drug-likeness (QED) is 0.722. The highest BCUT2D eigenvalue weighted by atomic mass is 32.1. The molecule has 2 aliphatic rings. The number of nitriles is 1. The van der Waals surface area contributed by atoms with Crippen molar-refractivity contribution in [3.63, 3.8) is 0 Å². The Labute approximate surface area is 180 Å². The van der Waals surface area contributed by atoms with Gasteiger partial charge in [0.1, 0.15) is 16.8 Å². The van der Waals surface area contributed by atoms with Crippen LogP contribution in [-0.4, -0.2) is 24.5 Å². The predicted octanol–water partition coefficient (Wildman–Crippen LogP) is 4.42. The number of hydrogen-bond donors (Lipinski definition) is 1. The summed E-state index contributed by atoms with van der Waals surface area (Å²) in [5.41, 5.74) is 2.56. The topological polar surface area (TPSA) is 82.4 Å². The zero-order valence-corrected chi connectivity index (χ0v) is 17.9. The lowest BCUT2D eigenvalue weighted by atomic mass is 10.1. The normalized spacial score (nSPS) is 17.1. The third-order valence-electron chi connectivity index (χ3n) is 5.67. The summed E-state index contributed by atoms with van der Waals surface area (Å²) in [6, 6.07) is 9.52. The van der Waals surface area contributed by atoms with E-state index in [2.05, 4.69) is 11.4 Å². The molecule has 2 heterocycles. The molecule has 0 spiro atoms. The molecule has 1 saturated heterocycles. The van der Waals surface area contributed by atoms with E-state index < -0.39 is 6.10 Å². The number of rotatable bonds is 5. The Hall–Kier alpha value is -2.85. The van der Waals surface area contributed by atoms with Crippen LogP contribution in [0, 0.1) is 11.3 Å². The summed E-state index contributed by atoms with van der Waals surface area (Å²) in [4.78, 5) is 27.5. The van der Waals surface area contributed by atoms with E-state index in [0.717, 1.165) is 49.9 Å². The molecule has 6 nitrogen and oxygen atoms in total. The lowest BCUT2D eigenvalue weighted by molar-refractivity contribution is -0.122. The first-order valence-electron chi connectivity index (χ1n) is 10.5. The van der Waals surface area contributed by atoms with Gasteiger partial charge in [0.15, 0.2) is 6.10 Å². The van der Waals surface area contributed by atoms with E-state index >= 15 is 0 Å². The summed E-state index contributed by atoms with van der Waals surface area (Å²) in [6.07, 6.45) is 6.04. The van der Waals surface area contributed by atoms with Crippen molar-refractivity contribution < 1.29 is 14.3 Å². The maximum Gasteiger partial charge on any atom is 0.265 e. The Morgan fingerprint density at radius 3 is 2.63 bits per heavy atom. The molecule has 30 heavy (non-hydrogen) atoms. The van der Waals surface area contributed by atoms with E-state index in [-0.39, 0.29) is 11.8 Å². The highest BCUT2D eigenvalue weighted by Gasteiger charge is 2.24. The minimum absolute atomic E-state index is 0.138. The Balaban J connectivity index is 1.41. The number of benzene rings is 1. The fourth-order valence-electron chi connectivity index (χ4n) is 4.05. The lowest BCUT2D eigenvalue weighted by Crippen LogP contribution is -2.30. The molecule has 7 heteroatoms. The summed E-state index contributed by atoms with van der Waals surface area (Å²) in [5, 5.41) is 13.2. The van der Waals surface area contributed by atoms with Gasteiger partial charge in [-0.3, -0.25) is 9.59 Å². The molecule has 156 valence electrons. The summed E-state index contributed by atoms with van der Waals surface area (Å²) in [5.74, 6) is 0.427. The van der Waals surface area contributed by atoms with Crippen molar-refractivity contribution in [2.45, 2.75) is 58.0 Å². The first-order valence-corrected chi connectivity index (χ1v) is 11.3. The molecular formula is C23H25N3O3S. The van der Waals surface area contributed by atoms with Gasteiger partial charge in [-0.1, -0.05) is 6.42 Å². The minimum Gasteiger partial charge on any atom is -0.481 e. The molecule has 2 amide bonds. The largest absolute Gasteiger partial charge is 0.481 e. The van der Waals surface area contributed by atoms with Crippen molar-refractivity contribution >= 4 is 33.8 Å². The zero-order valence-electron chi connectivity index (χ0n) is 17.1. The van der Waals surface area contributed by atoms with Crippen LogP contribution >= 0.6 is 11.3 Å². The smallest absolute Gasteiger partial charge is 0.265 e. The number of aryl methyl sites for hydroxylation is 1. The molecule has 2 aromatic rings. The summed E-state index contributed by atoms with van der Waals surface area (Å²) < 4.78 is 5.79. The molecular weight excluding hydrogens is 398 g/mol. The highest BCUT2D eigenvalue weighted by molar-refractivity contribution is 7.16. The first kappa shape index (κ1) is 20.4. The predicted molar refractivity (Wildman–Crippen MR) is 117 cm³/mol. The van der Waals surface area contributed by atoms with Crippen LogP contribution in [-0.2, 0) is 22.4 Å². The molecule has 0 saturated carbocycles. The molecule has 1 fully saturated rings. The van der Waals surface area contributed by atoms with Crippen molar-refractivity contribution in [1.82, 2.24) is 0 Å². The Bertz CT molecular complexity index is 990.